The molecule has 0 aliphatic carbocycles. The summed E-state index contributed by atoms with van der Waals surface area (Å²) in [5.41, 5.74) is 0. The fourth-order valence-electron chi connectivity index (χ4n) is 7.70. The summed E-state index contributed by atoms with van der Waals surface area (Å²) >= 11 is 0. The standard InChI is InChI=1S/C46H96N.2ClH.H3N/c1-5-7-9-11-13-15-17-19-21-23-25-27-29-31-33-35-37-39-41-43-45-47(3,4)46-44-42-40-38-36-34-32-30-28-26-24-22-20-18-16-14-12-10-8-6-2;;;/h5-46H2,1-4H3;2*1H;1H3/q+1;;;/p-1. The molecule has 4 heteroatoms. The van der Waals surface area contributed by atoms with Gasteiger partial charge >= 0.3 is 0 Å². The molecule has 0 fully saturated rings. The first-order chi connectivity index (χ1) is 23.1. The monoisotopic (exact) mass is 751 g/mol. The second-order valence-electron chi connectivity index (χ2n) is 16.8. The minimum absolute atomic E-state index is 0. The van der Waals surface area contributed by atoms with Crippen LogP contribution in [0.25, 0.3) is 0 Å². The van der Waals surface area contributed by atoms with Crippen molar-refractivity contribution >= 4 is 0 Å². The van der Waals surface area contributed by atoms with E-state index in [1.165, 1.54) is 274 Å². The SMILES string of the molecule is CCCCCCCCCCCCCCCCCCCCCC[N+](C)(C)CCCCCCCCCCCCCCCCCCCCCC.[Cl-].[Cl-].[NH4+]. The lowest BCUT2D eigenvalue weighted by atomic mass is 10.0. The van der Waals surface area contributed by atoms with Crippen molar-refractivity contribution < 1.29 is 29.3 Å². The topological polar surface area (TPSA) is 36.5 Å². The van der Waals surface area contributed by atoms with Gasteiger partial charge in [0.25, 0.3) is 0 Å². The number of unbranched alkanes of at least 4 members (excludes halogenated alkanes) is 38. The van der Waals surface area contributed by atoms with E-state index < -0.39 is 0 Å². The minimum Gasteiger partial charge on any atom is -1.00 e. The molecule has 0 radical (unpaired) electrons. The van der Waals surface area contributed by atoms with E-state index in [1.54, 1.807) is 0 Å². The molecular weight excluding hydrogens is 651 g/mol. The van der Waals surface area contributed by atoms with E-state index in [4.69, 9.17) is 0 Å². The van der Waals surface area contributed by atoms with Crippen LogP contribution in [0.3, 0.4) is 0 Å². The van der Waals surface area contributed by atoms with Crippen LogP contribution in [-0.4, -0.2) is 31.7 Å². The molecule has 0 aromatic heterocycles. The quantitative estimate of drug-likeness (QED) is 0.0476. The van der Waals surface area contributed by atoms with Gasteiger partial charge in [-0.2, -0.15) is 0 Å². The minimum atomic E-state index is 0. The summed E-state index contributed by atoms with van der Waals surface area (Å²) in [4.78, 5) is 0. The van der Waals surface area contributed by atoms with Crippen LogP contribution in [0.2, 0.25) is 0 Å². The van der Waals surface area contributed by atoms with Gasteiger partial charge in [-0.05, 0) is 25.7 Å². The van der Waals surface area contributed by atoms with E-state index in [0.717, 1.165) is 0 Å². The third-order valence-corrected chi connectivity index (χ3v) is 11.2. The molecule has 50 heavy (non-hydrogen) atoms. The zero-order valence-electron chi connectivity index (χ0n) is 35.9. The van der Waals surface area contributed by atoms with Crippen LogP contribution in [0, 0.1) is 0 Å². The summed E-state index contributed by atoms with van der Waals surface area (Å²) in [6.07, 6.45) is 58.9. The van der Waals surface area contributed by atoms with Gasteiger partial charge in [0, 0.05) is 0 Å². The molecule has 0 atom stereocenters. The molecule has 0 amide bonds. The highest BCUT2D eigenvalue weighted by Crippen LogP contribution is 2.17. The van der Waals surface area contributed by atoms with Crippen molar-refractivity contribution in [3.8, 4) is 0 Å². The molecule has 2 nitrogen and oxygen atoms in total. The van der Waals surface area contributed by atoms with Crippen molar-refractivity contribution in [1.29, 1.82) is 0 Å². The molecule has 0 aliphatic rings. The maximum atomic E-state index is 2.48. The third-order valence-electron chi connectivity index (χ3n) is 11.2. The van der Waals surface area contributed by atoms with Crippen molar-refractivity contribution in [1.82, 2.24) is 6.15 Å². The van der Waals surface area contributed by atoms with Crippen LogP contribution < -0.4 is 31.0 Å². The lowest BCUT2D eigenvalue weighted by Crippen LogP contribution is -3.00. The van der Waals surface area contributed by atoms with Gasteiger partial charge < -0.3 is 35.4 Å². The Morgan fingerprint density at radius 3 is 0.480 bits per heavy atom. The second-order valence-corrected chi connectivity index (χ2v) is 16.8. The second kappa shape index (κ2) is 49.5. The average molecular weight is 752 g/mol. The van der Waals surface area contributed by atoms with E-state index >= 15 is 0 Å². The number of rotatable bonds is 42. The molecule has 0 rings (SSSR count). The summed E-state index contributed by atoms with van der Waals surface area (Å²) in [6.45, 7) is 7.40. The zero-order chi connectivity index (χ0) is 34.2. The van der Waals surface area contributed by atoms with E-state index in [9.17, 15) is 0 Å². The first-order valence-electron chi connectivity index (χ1n) is 22.9. The van der Waals surface area contributed by atoms with Crippen LogP contribution >= 0.6 is 0 Å². The predicted molar refractivity (Wildman–Crippen MR) is 224 cm³/mol. The average Bonchev–Trinajstić information content (AvgIpc) is 3.06. The maximum Gasteiger partial charge on any atom is 0.0782 e. The Balaban J connectivity index is -0.00000353. The molecule has 0 aromatic carbocycles. The van der Waals surface area contributed by atoms with Crippen molar-refractivity contribution in [2.45, 2.75) is 271 Å². The number of quaternary nitrogens is 2. The molecule has 0 aliphatic heterocycles. The van der Waals surface area contributed by atoms with Gasteiger partial charge in [-0.15, -0.1) is 0 Å². The van der Waals surface area contributed by atoms with Crippen LogP contribution in [0.1, 0.15) is 271 Å². The van der Waals surface area contributed by atoms with Gasteiger partial charge in [0.15, 0.2) is 0 Å². The highest BCUT2D eigenvalue weighted by molar-refractivity contribution is 4.53. The molecule has 0 spiro atoms. The number of hydrogen-bond donors (Lipinski definition) is 1. The summed E-state index contributed by atoms with van der Waals surface area (Å²) < 4.78 is 1.25. The summed E-state index contributed by atoms with van der Waals surface area (Å²) in [6, 6.07) is 0. The molecule has 0 unspecified atom stereocenters. The largest absolute Gasteiger partial charge is 1.00 e. The maximum absolute atomic E-state index is 2.48. The molecule has 0 aromatic rings. The van der Waals surface area contributed by atoms with E-state index in [1.807, 2.05) is 0 Å². The van der Waals surface area contributed by atoms with E-state index in [-0.39, 0.29) is 31.0 Å². The summed E-state index contributed by atoms with van der Waals surface area (Å²) in [7, 11) is 4.95. The van der Waals surface area contributed by atoms with Gasteiger partial charge in [0.1, 0.15) is 0 Å². The molecule has 0 saturated carbocycles. The number of hydrogen-bond acceptors (Lipinski definition) is 0. The van der Waals surface area contributed by atoms with Crippen LogP contribution in [0.15, 0.2) is 0 Å². The van der Waals surface area contributed by atoms with Gasteiger partial charge in [0.05, 0.1) is 27.2 Å². The summed E-state index contributed by atoms with van der Waals surface area (Å²) in [5, 5.41) is 0. The first-order valence-corrected chi connectivity index (χ1v) is 22.9. The van der Waals surface area contributed by atoms with E-state index in [0.29, 0.717) is 0 Å². The zero-order valence-corrected chi connectivity index (χ0v) is 37.4. The third kappa shape index (κ3) is 50.6. The number of halogens is 2. The van der Waals surface area contributed by atoms with Gasteiger partial charge in [-0.3, -0.25) is 0 Å². The van der Waals surface area contributed by atoms with Crippen LogP contribution in [-0.2, 0) is 0 Å². The Morgan fingerprint density at radius 1 is 0.220 bits per heavy atom. The molecule has 0 saturated heterocycles. The molecule has 0 bridgehead atoms. The molecule has 4 N–H and O–H groups in total. The predicted octanol–water partition coefficient (Wildman–Crippen LogP) is 11.1. The van der Waals surface area contributed by atoms with Gasteiger partial charge in [0.2, 0.25) is 0 Å². The van der Waals surface area contributed by atoms with Crippen molar-refractivity contribution in [3.63, 3.8) is 0 Å². The van der Waals surface area contributed by atoms with E-state index in [2.05, 4.69) is 27.9 Å². The Kier molecular flexibility index (Phi) is 56.7. The lowest BCUT2D eigenvalue weighted by molar-refractivity contribution is -0.890. The Labute approximate surface area is 332 Å². The van der Waals surface area contributed by atoms with Crippen molar-refractivity contribution in [2.24, 2.45) is 0 Å². The molecular formula is C46H100Cl2N2. The fraction of sp³-hybridized carbons (Fsp3) is 1.00. The van der Waals surface area contributed by atoms with Crippen molar-refractivity contribution in [2.75, 3.05) is 27.2 Å². The Bertz CT molecular complexity index is 510. The highest BCUT2D eigenvalue weighted by atomic mass is 35.5. The smallest absolute Gasteiger partial charge is 0.0782 e. The normalized spacial score (nSPS) is 11.3. The van der Waals surface area contributed by atoms with Crippen LogP contribution in [0.5, 0.6) is 0 Å². The lowest BCUT2D eigenvalue weighted by Gasteiger charge is -2.30. The van der Waals surface area contributed by atoms with Crippen molar-refractivity contribution in [3.05, 3.63) is 0 Å². The molecule has 308 valence electrons. The summed E-state index contributed by atoms with van der Waals surface area (Å²) in [5.74, 6) is 0. The highest BCUT2D eigenvalue weighted by Gasteiger charge is 2.13. The Morgan fingerprint density at radius 2 is 0.340 bits per heavy atom. The first kappa shape index (κ1) is 57.2. The van der Waals surface area contributed by atoms with Crippen LogP contribution in [0.4, 0.5) is 0 Å². The van der Waals surface area contributed by atoms with Gasteiger partial charge in [-0.1, -0.05) is 245 Å². The van der Waals surface area contributed by atoms with Gasteiger partial charge in [-0.25, -0.2) is 0 Å². The fourth-order valence-corrected chi connectivity index (χ4v) is 7.70. The Hall–Kier alpha value is 0.500. The number of nitrogens with zero attached hydrogens (tertiary/aromatic N) is 1. The molecule has 0 heterocycles.